The van der Waals surface area contributed by atoms with Gasteiger partial charge in [-0.3, -0.25) is 4.79 Å². The second-order valence-electron chi connectivity index (χ2n) is 5.93. The van der Waals surface area contributed by atoms with Gasteiger partial charge >= 0.3 is 6.03 Å². The minimum atomic E-state index is -0.371. The number of aryl methyl sites for hydroxylation is 1. The quantitative estimate of drug-likeness (QED) is 0.708. The molecule has 1 atom stereocenters. The predicted octanol–water partition coefficient (Wildman–Crippen LogP) is 3.05. The molecule has 3 N–H and O–H groups in total. The van der Waals surface area contributed by atoms with Crippen molar-refractivity contribution in [3.05, 3.63) is 36.4 Å². The predicted molar refractivity (Wildman–Crippen MR) is 100 cm³/mol. The van der Waals surface area contributed by atoms with E-state index in [0.29, 0.717) is 17.1 Å². The molecule has 0 saturated carbocycles. The zero-order chi connectivity index (χ0) is 19.1. The van der Waals surface area contributed by atoms with Crippen LogP contribution in [-0.2, 0) is 11.8 Å². The lowest BCUT2D eigenvalue weighted by molar-refractivity contribution is -0.114. The van der Waals surface area contributed by atoms with Crippen molar-refractivity contribution in [2.45, 2.75) is 32.7 Å². The number of methoxy groups -OCH3 is 1. The van der Waals surface area contributed by atoms with E-state index in [-0.39, 0.29) is 18.0 Å². The van der Waals surface area contributed by atoms with Crippen LogP contribution in [0, 0.1) is 0 Å². The number of nitrogens with zero attached hydrogens (tertiary/aromatic N) is 2. The van der Waals surface area contributed by atoms with E-state index in [2.05, 4.69) is 27.9 Å². The van der Waals surface area contributed by atoms with Gasteiger partial charge in [-0.1, -0.05) is 13.3 Å². The molecule has 0 unspecified atom stereocenters. The summed E-state index contributed by atoms with van der Waals surface area (Å²) in [5.74, 6) is 1.10. The lowest BCUT2D eigenvalue weighted by Crippen LogP contribution is -2.34. The molecular formula is C18H25N5O3. The van der Waals surface area contributed by atoms with Gasteiger partial charge < -0.3 is 25.3 Å². The van der Waals surface area contributed by atoms with E-state index in [1.165, 1.54) is 14.0 Å². The molecule has 8 heteroatoms. The fraction of sp³-hybridized carbons (Fsp3) is 0.389. The average Bonchev–Trinajstić information content (AvgIpc) is 3.00. The van der Waals surface area contributed by atoms with Crippen LogP contribution in [0.15, 0.2) is 30.6 Å². The Morgan fingerprint density at radius 2 is 2.08 bits per heavy atom. The van der Waals surface area contributed by atoms with Crippen LogP contribution in [0.1, 0.15) is 38.6 Å². The zero-order valence-corrected chi connectivity index (χ0v) is 15.5. The van der Waals surface area contributed by atoms with Gasteiger partial charge in [0.05, 0.1) is 18.8 Å². The Labute approximate surface area is 152 Å². The Balaban J connectivity index is 2.14. The minimum absolute atomic E-state index is 0.191. The van der Waals surface area contributed by atoms with Gasteiger partial charge in [0.2, 0.25) is 5.91 Å². The lowest BCUT2D eigenvalue weighted by Gasteiger charge is -2.19. The van der Waals surface area contributed by atoms with E-state index in [0.717, 1.165) is 18.7 Å². The van der Waals surface area contributed by atoms with E-state index in [4.69, 9.17) is 4.74 Å². The number of hydrogen-bond donors (Lipinski definition) is 3. The van der Waals surface area contributed by atoms with Gasteiger partial charge in [-0.15, -0.1) is 0 Å². The summed E-state index contributed by atoms with van der Waals surface area (Å²) in [4.78, 5) is 28.1. The number of carbonyl (C=O) groups is 2. The van der Waals surface area contributed by atoms with Gasteiger partial charge in [0.1, 0.15) is 11.6 Å². The Hall–Kier alpha value is -3.03. The third-order valence-electron chi connectivity index (χ3n) is 3.82. The molecule has 1 heterocycles. The number of urea groups is 1. The molecule has 8 nitrogen and oxygen atoms in total. The number of nitrogens with one attached hydrogen (secondary N) is 3. The van der Waals surface area contributed by atoms with E-state index >= 15 is 0 Å². The summed E-state index contributed by atoms with van der Waals surface area (Å²) < 4.78 is 7.17. The van der Waals surface area contributed by atoms with E-state index in [9.17, 15) is 9.59 Å². The number of imidazole rings is 1. The van der Waals surface area contributed by atoms with Crippen LogP contribution in [0.2, 0.25) is 0 Å². The monoisotopic (exact) mass is 359 g/mol. The summed E-state index contributed by atoms with van der Waals surface area (Å²) in [6, 6.07) is 4.46. The third kappa shape index (κ3) is 4.98. The van der Waals surface area contributed by atoms with Crippen molar-refractivity contribution in [3.63, 3.8) is 0 Å². The van der Waals surface area contributed by atoms with Crippen LogP contribution < -0.4 is 20.7 Å². The maximum Gasteiger partial charge on any atom is 0.319 e. The van der Waals surface area contributed by atoms with Crippen LogP contribution in [0.25, 0.3) is 0 Å². The highest BCUT2D eigenvalue weighted by Gasteiger charge is 2.18. The Kier molecular flexibility index (Phi) is 6.60. The summed E-state index contributed by atoms with van der Waals surface area (Å²) in [6.45, 7) is 3.47. The molecule has 1 aromatic heterocycles. The molecule has 0 saturated heterocycles. The van der Waals surface area contributed by atoms with Crippen molar-refractivity contribution in [1.82, 2.24) is 14.9 Å². The minimum Gasteiger partial charge on any atom is -0.495 e. The molecule has 1 aromatic carbocycles. The number of aromatic nitrogens is 2. The molecule has 26 heavy (non-hydrogen) atoms. The number of ether oxygens (including phenoxy) is 1. The van der Waals surface area contributed by atoms with Crippen LogP contribution >= 0.6 is 0 Å². The van der Waals surface area contributed by atoms with Crippen molar-refractivity contribution < 1.29 is 14.3 Å². The standard InChI is InChI=1S/C18H25N5O3/c1-5-6-14(17-19-9-10-23(17)3)21-18(25)22-15-11-13(20-12(2)24)7-8-16(15)26-4/h7-11,14H,5-6H2,1-4H3,(H,20,24)(H2,21,22,25)/t14-/m1/s1. The second-order valence-corrected chi connectivity index (χ2v) is 5.93. The van der Waals surface area contributed by atoms with Gasteiger partial charge in [0.25, 0.3) is 0 Å². The molecule has 0 spiro atoms. The van der Waals surface area contributed by atoms with Gasteiger partial charge in [-0.05, 0) is 24.6 Å². The first kappa shape index (κ1) is 19.3. The van der Waals surface area contributed by atoms with E-state index in [1.54, 1.807) is 24.4 Å². The summed E-state index contributed by atoms with van der Waals surface area (Å²) in [6.07, 6.45) is 5.22. The van der Waals surface area contributed by atoms with Crippen molar-refractivity contribution in [3.8, 4) is 5.75 Å². The number of rotatable bonds is 7. The zero-order valence-electron chi connectivity index (χ0n) is 15.5. The van der Waals surface area contributed by atoms with E-state index < -0.39 is 0 Å². The highest BCUT2D eigenvalue weighted by molar-refractivity contribution is 5.94. The molecule has 0 aliphatic heterocycles. The van der Waals surface area contributed by atoms with Gasteiger partial charge in [0.15, 0.2) is 0 Å². The topological polar surface area (TPSA) is 97.3 Å². The summed E-state index contributed by atoms with van der Waals surface area (Å²) in [5.41, 5.74) is 1.04. The molecule has 0 bridgehead atoms. The molecule has 2 rings (SSSR count). The molecular weight excluding hydrogens is 334 g/mol. The fourth-order valence-electron chi connectivity index (χ4n) is 2.67. The van der Waals surface area contributed by atoms with Crippen LogP contribution in [-0.4, -0.2) is 28.6 Å². The third-order valence-corrected chi connectivity index (χ3v) is 3.82. The van der Waals surface area contributed by atoms with Gasteiger partial charge in [-0.2, -0.15) is 0 Å². The first-order valence-electron chi connectivity index (χ1n) is 8.45. The molecule has 3 amide bonds. The molecule has 140 valence electrons. The number of hydrogen-bond acceptors (Lipinski definition) is 4. The molecule has 0 fully saturated rings. The first-order chi connectivity index (χ1) is 12.4. The fourth-order valence-corrected chi connectivity index (χ4v) is 2.67. The van der Waals surface area contributed by atoms with Gasteiger partial charge in [0, 0.05) is 32.1 Å². The first-order valence-corrected chi connectivity index (χ1v) is 8.45. The van der Waals surface area contributed by atoms with Crippen LogP contribution in [0.5, 0.6) is 5.75 Å². The molecule has 0 aliphatic rings. The Morgan fingerprint density at radius 1 is 1.31 bits per heavy atom. The summed E-state index contributed by atoms with van der Waals surface area (Å²) >= 11 is 0. The number of carbonyl (C=O) groups excluding carboxylic acids is 2. The maximum atomic E-state index is 12.5. The Morgan fingerprint density at radius 3 is 2.65 bits per heavy atom. The highest BCUT2D eigenvalue weighted by atomic mass is 16.5. The van der Waals surface area contributed by atoms with Crippen molar-refractivity contribution in [2.24, 2.45) is 7.05 Å². The Bertz CT molecular complexity index is 772. The van der Waals surface area contributed by atoms with Gasteiger partial charge in [-0.25, -0.2) is 9.78 Å². The number of benzene rings is 1. The van der Waals surface area contributed by atoms with Crippen LogP contribution in [0.4, 0.5) is 16.2 Å². The SMILES string of the molecule is CCC[C@@H](NC(=O)Nc1cc(NC(C)=O)ccc1OC)c1nccn1C. The second kappa shape index (κ2) is 8.89. The normalized spacial score (nSPS) is 11.5. The van der Waals surface area contributed by atoms with Crippen molar-refractivity contribution in [2.75, 3.05) is 17.7 Å². The smallest absolute Gasteiger partial charge is 0.319 e. The summed E-state index contributed by atoms with van der Waals surface area (Å²) in [7, 11) is 3.41. The largest absolute Gasteiger partial charge is 0.495 e. The highest BCUT2D eigenvalue weighted by Crippen LogP contribution is 2.28. The summed E-state index contributed by atoms with van der Waals surface area (Å²) in [5, 5.41) is 8.41. The van der Waals surface area contributed by atoms with E-state index in [1.807, 2.05) is 17.8 Å². The molecule has 0 radical (unpaired) electrons. The number of amides is 3. The van der Waals surface area contributed by atoms with Crippen molar-refractivity contribution >= 4 is 23.3 Å². The maximum absolute atomic E-state index is 12.5. The molecule has 2 aromatic rings. The average molecular weight is 359 g/mol. The lowest BCUT2D eigenvalue weighted by atomic mass is 10.1. The number of anilines is 2. The van der Waals surface area contributed by atoms with Crippen molar-refractivity contribution in [1.29, 1.82) is 0 Å². The van der Waals surface area contributed by atoms with Crippen LogP contribution in [0.3, 0.4) is 0 Å². The molecule has 0 aliphatic carbocycles.